The quantitative estimate of drug-likeness (QED) is 0.833. The second-order valence-corrected chi connectivity index (χ2v) is 6.53. The van der Waals surface area contributed by atoms with Crippen molar-refractivity contribution in [1.29, 1.82) is 0 Å². The summed E-state index contributed by atoms with van der Waals surface area (Å²) in [5.41, 5.74) is 2.36. The van der Waals surface area contributed by atoms with Crippen LogP contribution in [0, 0.1) is 5.82 Å². The standard InChI is InChI=1S/C19H21ClFN3O2/c1-13(19(25)23-18-7-2-14(21)12-17(18)20)22-15-3-5-16(6-4-15)24-8-10-26-11-9-24/h2-7,12-13,22H,8-11H2,1H3,(H,23,25). The topological polar surface area (TPSA) is 53.6 Å². The molecule has 1 amide bonds. The van der Waals surface area contributed by atoms with Crippen LogP contribution in [0.15, 0.2) is 42.5 Å². The molecule has 1 saturated heterocycles. The fourth-order valence-corrected chi connectivity index (χ4v) is 2.95. The maximum atomic E-state index is 13.1. The summed E-state index contributed by atoms with van der Waals surface area (Å²) in [4.78, 5) is 14.6. The van der Waals surface area contributed by atoms with Crippen LogP contribution in [0.5, 0.6) is 0 Å². The van der Waals surface area contributed by atoms with E-state index in [0.717, 1.165) is 37.7 Å². The van der Waals surface area contributed by atoms with E-state index in [1.807, 2.05) is 24.3 Å². The average Bonchev–Trinajstić information content (AvgIpc) is 2.65. The van der Waals surface area contributed by atoms with Gasteiger partial charge in [0.1, 0.15) is 11.9 Å². The molecule has 1 aliphatic heterocycles. The van der Waals surface area contributed by atoms with Crippen LogP contribution < -0.4 is 15.5 Å². The van der Waals surface area contributed by atoms with Crippen LogP contribution in [-0.4, -0.2) is 38.3 Å². The molecule has 1 heterocycles. The van der Waals surface area contributed by atoms with E-state index in [0.29, 0.717) is 5.69 Å². The highest BCUT2D eigenvalue weighted by Crippen LogP contribution is 2.23. The molecule has 1 atom stereocenters. The van der Waals surface area contributed by atoms with Crippen molar-refractivity contribution in [1.82, 2.24) is 0 Å². The van der Waals surface area contributed by atoms with Gasteiger partial charge in [0.15, 0.2) is 0 Å². The molecule has 2 aromatic rings. The SMILES string of the molecule is CC(Nc1ccc(N2CCOCC2)cc1)C(=O)Nc1ccc(F)cc1Cl. The van der Waals surface area contributed by atoms with E-state index in [4.69, 9.17) is 16.3 Å². The second kappa shape index (κ2) is 8.38. The van der Waals surface area contributed by atoms with E-state index in [2.05, 4.69) is 15.5 Å². The van der Waals surface area contributed by atoms with Crippen LogP contribution in [0.2, 0.25) is 5.02 Å². The minimum atomic E-state index is -0.481. The number of halogens is 2. The Morgan fingerprint density at radius 3 is 2.54 bits per heavy atom. The van der Waals surface area contributed by atoms with Crippen LogP contribution >= 0.6 is 11.6 Å². The zero-order valence-electron chi connectivity index (χ0n) is 14.5. The van der Waals surface area contributed by atoms with Crippen molar-refractivity contribution >= 4 is 34.6 Å². The van der Waals surface area contributed by atoms with Crippen molar-refractivity contribution in [2.24, 2.45) is 0 Å². The number of morpholine rings is 1. The van der Waals surface area contributed by atoms with Crippen molar-refractivity contribution in [3.63, 3.8) is 0 Å². The van der Waals surface area contributed by atoms with Gasteiger partial charge in [-0.05, 0) is 49.4 Å². The van der Waals surface area contributed by atoms with Crippen LogP contribution in [0.4, 0.5) is 21.5 Å². The number of carbonyl (C=O) groups is 1. The Balaban J connectivity index is 1.58. The number of amides is 1. The van der Waals surface area contributed by atoms with Gasteiger partial charge < -0.3 is 20.3 Å². The molecule has 26 heavy (non-hydrogen) atoms. The molecule has 5 nitrogen and oxygen atoms in total. The Morgan fingerprint density at radius 2 is 1.88 bits per heavy atom. The number of nitrogens with zero attached hydrogens (tertiary/aromatic N) is 1. The van der Waals surface area contributed by atoms with E-state index < -0.39 is 11.9 Å². The molecule has 0 spiro atoms. The molecule has 2 N–H and O–H groups in total. The van der Waals surface area contributed by atoms with Gasteiger partial charge in [-0.25, -0.2) is 4.39 Å². The van der Waals surface area contributed by atoms with Crippen molar-refractivity contribution < 1.29 is 13.9 Å². The molecule has 1 aliphatic rings. The van der Waals surface area contributed by atoms with Gasteiger partial charge in [0.25, 0.3) is 0 Å². The van der Waals surface area contributed by atoms with E-state index in [9.17, 15) is 9.18 Å². The summed E-state index contributed by atoms with van der Waals surface area (Å²) in [6.45, 7) is 4.99. The van der Waals surface area contributed by atoms with E-state index in [1.54, 1.807) is 6.92 Å². The van der Waals surface area contributed by atoms with Crippen LogP contribution in [0.1, 0.15) is 6.92 Å². The molecule has 1 unspecified atom stereocenters. The minimum absolute atomic E-state index is 0.167. The maximum Gasteiger partial charge on any atom is 0.246 e. The molecule has 138 valence electrons. The normalized spacial score (nSPS) is 15.4. The predicted molar refractivity (Wildman–Crippen MR) is 103 cm³/mol. The fourth-order valence-electron chi connectivity index (χ4n) is 2.74. The van der Waals surface area contributed by atoms with Gasteiger partial charge in [0.05, 0.1) is 23.9 Å². The lowest BCUT2D eigenvalue weighted by atomic mass is 10.2. The third-order valence-electron chi connectivity index (χ3n) is 4.21. The zero-order valence-corrected chi connectivity index (χ0v) is 15.2. The lowest BCUT2D eigenvalue weighted by molar-refractivity contribution is -0.116. The number of ether oxygens (including phenoxy) is 1. The number of anilines is 3. The van der Waals surface area contributed by atoms with Gasteiger partial charge in [0, 0.05) is 24.5 Å². The highest BCUT2D eigenvalue weighted by Gasteiger charge is 2.15. The average molecular weight is 378 g/mol. The minimum Gasteiger partial charge on any atom is -0.378 e. The first-order valence-electron chi connectivity index (χ1n) is 8.48. The van der Waals surface area contributed by atoms with Crippen molar-refractivity contribution in [3.8, 4) is 0 Å². The highest BCUT2D eigenvalue weighted by atomic mass is 35.5. The second-order valence-electron chi connectivity index (χ2n) is 6.13. The molecule has 0 aliphatic carbocycles. The summed E-state index contributed by atoms with van der Waals surface area (Å²) >= 11 is 5.94. The molecule has 0 saturated carbocycles. The van der Waals surface area contributed by atoms with E-state index in [1.165, 1.54) is 18.2 Å². The first kappa shape index (κ1) is 18.5. The third kappa shape index (κ3) is 4.65. The zero-order chi connectivity index (χ0) is 18.5. The number of rotatable bonds is 5. The smallest absolute Gasteiger partial charge is 0.246 e. The monoisotopic (exact) mass is 377 g/mol. The van der Waals surface area contributed by atoms with Crippen LogP contribution in [0.3, 0.4) is 0 Å². The van der Waals surface area contributed by atoms with Crippen molar-refractivity contribution in [2.45, 2.75) is 13.0 Å². The Bertz CT molecular complexity index is 764. The van der Waals surface area contributed by atoms with Crippen molar-refractivity contribution in [2.75, 3.05) is 41.8 Å². The van der Waals surface area contributed by atoms with E-state index in [-0.39, 0.29) is 10.9 Å². The summed E-state index contributed by atoms with van der Waals surface area (Å²) in [6, 6.07) is 11.3. The van der Waals surface area contributed by atoms with E-state index >= 15 is 0 Å². The van der Waals surface area contributed by atoms with Gasteiger partial charge in [0.2, 0.25) is 5.91 Å². The lowest BCUT2D eigenvalue weighted by Crippen LogP contribution is -2.36. The van der Waals surface area contributed by atoms with Gasteiger partial charge in [-0.2, -0.15) is 0 Å². The number of hydrogen-bond donors (Lipinski definition) is 2. The molecule has 0 bridgehead atoms. The molecule has 7 heteroatoms. The summed E-state index contributed by atoms with van der Waals surface area (Å²) in [5, 5.41) is 6.02. The Kier molecular flexibility index (Phi) is 5.96. The number of carbonyl (C=O) groups excluding carboxylic acids is 1. The number of nitrogens with one attached hydrogen (secondary N) is 2. The molecule has 3 rings (SSSR count). The lowest BCUT2D eigenvalue weighted by Gasteiger charge is -2.29. The Labute approximate surface area is 157 Å². The number of hydrogen-bond acceptors (Lipinski definition) is 4. The van der Waals surface area contributed by atoms with Crippen LogP contribution in [0.25, 0.3) is 0 Å². The highest BCUT2D eigenvalue weighted by molar-refractivity contribution is 6.33. The summed E-state index contributed by atoms with van der Waals surface area (Å²) in [5.74, 6) is -0.699. The Hall–Kier alpha value is -2.31. The molecular weight excluding hydrogens is 357 g/mol. The summed E-state index contributed by atoms with van der Waals surface area (Å²) in [7, 11) is 0. The van der Waals surface area contributed by atoms with Gasteiger partial charge in [-0.1, -0.05) is 11.6 Å². The molecule has 0 radical (unpaired) electrons. The van der Waals surface area contributed by atoms with Gasteiger partial charge in [-0.15, -0.1) is 0 Å². The molecule has 1 fully saturated rings. The predicted octanol–water partition coefficient (Wildman–Crippen LogP) is 3.75. The van der Waals surface area contributed by atoms with Gasteiger partial charge >= 0.3 is 0 Å². The molecule has 2 aromatic carbocycles. The first-order chi connectivity index (χ1) is 12.5. The summed E-state index contributed by atoms with van der Waals surface area (Å²) in [6.07, 6.45) is 0. The molecule has 0 aromatic heterocycles. The third-order valence-corrected chi connectivity index (χ3v) is 4.52. The van der Waals surface area contributed by atoms with Crippen molar-refractivity contribution in [3.05, 3.63) is 53.3 Å². The van der Waals surface area contributed by atoms with Crippen LogP contribution in [-0.2, 0) is 9.53 Å². The largest absolute Gasteiger partial charge is 0.378 e. The van der Waals surface area contributed by atoms with Gasteiger partial charge in [-0.3, -0.25) is 4.79 Å². The number of benzene rings is 2. The first-order valence-corrected chi connectivity index (χ1v) is 8.86. The summed E-state index contributed by atoms with van der Waals surface area (Å²) < 4.78 is 18.4. The maximum absolute atomic E-state index is 13.1. The fraction of sp³-hybridized carbons (Fsp3) is 0.316. The Morgan fingerprint density at radius 1 is 1.19 bits per heavy atom. The molecular formula is C19H21ClFN3O2.